The lowest BCUT2D eigenvalue weighted by atomic mass is 9.93. The minimum Gasteiger partial charge on any atom is -0.374 e. The largest absolute Gasteiger partial charge is 0.374 e. The number of hydrogen-bond donors (Lipinski definition) is 1. The topological polar surface area (TPSA) is 39.1 Å². The van der Waals surface area contributed by atoms with Crippen molar-refractivity contribution in [1.29, 1.82) is 0 Å². The van der Waals surface area contributed by atoms with Crippen molar-refractivity contribution in [2.75, 3.05) is 13.2 Å². The van der Waals surface area contributed by atoms with E-state index in [4.69, 9.17) is 16.3 Å². The summed E-state index contributed by atoms with van der Waals surface area (Å²) in [7, 11) is 0. The minimum absolute atomic E-state index is 0.205. The lowest BCUT2D eigenvalue weighted by Gasteiger charge is -2.35. The zero-order chi connectivity index (χ0) is 16.0. The number of ether oxygens (including phenoxy) is 1. The second-order valence-electron chi connectivity index (χ2n) is 5.91. The van der Waals surface area contributed by atoms with Gasteiger partial charge in [-0.2, -0.15) is 5.10 Å². The van der Waals surface area contributed by atoms with Crippen LogP contribution in [0.4, 0.5) is 0 Å². The Labute approximate surface area is 134 Å². The van der Waals surface area contributed by atoms with Crippen LogP contribution in [-0.2, 0) is 17.7 Å². The highest BCUT2D eigenvalue weighted by atomic mass is 35.5. The molecule has 0 saturated heterocycles. The molecule has 1 aromatic rings. The number of nitrogens with one attached hydrogen (secondary N) is 1. The molecule has 0 saturated carbocycles. The molecule has 0 bridgehead atoms. The van der Waals surface area contributed by atoms with Gasteiger partial charge in [-0.3, -0.25) is 4.68 Å². The Morgan fingerprint density at radius 2 is 2.00 bits per heavy atom. The van der Waals surface area contributed by atoms with Crippen molar-refractivity contribution in [3.63, 3.8) is 0 Å². The molecule has 122 valence electrons. The van der Waals surface area contributed by atoms with Gasteiger partial charge in [-0.15, -0.1) is 0 Å². The highest BCUT2D eigenvalue weighted by Crippen LogP contribution is 2.25. The lowest BCUT2D eigenvalue weighted by Crippen LogP contribution is -2.50. The molecule has 1 heterocycles. The van der Waals surface area contributed by atoms with Gasteiger partial charge in [0.2, 0.25) is 0 Å². The van der Waals surface area contributed by atoms with Gasteiger partial charge < -0.3 is 10.1 Å². The molecule has 0 fully saturated rings. The third-order valence-electron chi connectivity index (χ3n) is 3.85. The van der Waals surface area contributed by atoms with Gasteiger partial charge in [0, 0.05) is 25.6 Å². The van der Waals surface area contributed by atoms with Crippen LogP contribution in [-0.4, -0.2) is 34.6 Å². The molecule has 0 spiro atoms. The van der Waals surface area contributed by atoms with E-state index in [-0.39, 0.29) is 11.6 Å². The Bertz CT molecular complexity index is 443. The summed E-state index contributed by atoms with van der Waals surface area (Å²) in [6.45, 7) is 15.0. The van der Waals surface area contributed by atoms with Crippen LogP contribution in [0.3, 0.4) is 0 Å². The van der Waals surface area contributed by atoms with Crippen LogP contribution in [0.2, 0.25) is 5.02 Å². The maximum atomic E-state index is 6.45. The van der Waals surface area contributed by atoms with E-state index >= 15 is 0 Å². The maximum absolute atomic E-state index is 6.45. The SMILES string of the molecule is CCCNC(Cc1c(Cl)c(C)nn1CC)C(C)(C)OCC. The van der Waals surface area contributed by atoms with Crippen molar-refractivity contribution in [3.05, 3.63) is 16.4 Å². The predicted molar refractivity (Wildman–Crippen MR) is 89.1 cm³/mol. The molecular formula is C16H30ClN3O. The fourth-order valence-electron chi connectivity index (χ4n) is 2.61. The van der Waals surface area contributed by atoms with Gasteiger partial charge in [0.25, 0.3) is 0 Å². The van der Waals surface area contributed by atoms with Gasteiger partial charge in [-0.05, 0) is 47.6 Å². The summed E-state index contributed by atoms with van der Waals surface area (Å²) in [6, 6.07) is 0.205. The summed E-state index contributed by atoms with van der Waals surface area (Å²) in [5.74, 6) is 0. The van der Waals surface area contributed by atoms with E-state index in [0.29, 0.717) is 6.61 Å². The van der Waals surface area contributed by atoms with Gasteiger partial charge in [0.05, 0.1) is 22.0 Å². The Kier molecular flexibility index (Phi) is 7.17. The van der Waals surface area contributed by atoms with Crippen molar-refractivity contribution in [2.45, 2.75) is 72.6 Å². The highest BCUT2D eigenvalue weighted by molar-refractivity contribution is 6.31. The molecule has 1 atom stereocenters. The van der Waals surface area contributed by atoms with Crippen molar-refractivity contribution in [3.8, 4) is 0 Å². The van der Waals surface area contributed by atoms with Crippen LogP contribution >= 0.6 is 11.6 Å². The molecule has 0 aliphatic carbocycles. The van der Waals surface area contributed by atoms with E-state index in [1.165, 1.54) is 0 Å². The first-order chi connectivity index (χ1) is 9.87. The standard InChI is InChI=1S/C16H30ClN3O/c1-7-10-18-14(16(5,6)21-9-3)11-13-15(17)12(4)19-20(13)8-2/h14,18H,7-11H2,1-6H3. The quantitative estimate of drug-likeness (QED) is 0.757. The van der Waals surface area contributed by atoms with Crippen molar-refractivity contribution < 1.29 is 4.74 Å². The fraction of sp³-hybridized carbons (Fsp3) is 0.812. The van der Waals surface area contributed by atoms with E-state index in [2.05, 4.69) is 38.1 Å². The van der Waals surface area contributed by atoms with Crippen molar-refractivity contribution >= 4 is 11.6 Å². The van der Waals surface area contributed by atoms with Crippen LogP contribution in [0, 0.1) is 6.92 Å². The molecule has 4 nitrogen and oxygen atoms in total. The molecule has 21 heavy (non-hydrogen) atoms. The molecule has 0 radical (unpaired) electrons. The van der Waals surface area contributed by atoms with E-state index in [9.17, 15) is 0 Å². The summed E-state index contributed by atoms with van der Waals surface area (Å²) in [6.07, 6.45) is 1.92. The molecule has 0 aliphatic heterocycles. The summed E-state index contributed by atoms with van der Waals surface area (Å²) >= 11 is 6.45. The first-order valence-electron chi connectivity index (χ1n) is 7.96. The molecule has 1 N–H and O–H groups in total. The number of aryl methyl sites for hydroxylation is 2. The number of rotatable bonds is 9. The number of halogens is 1. The van der Waals surface area contributed by atoms with Gasteiger partial charge in [0.1, 0.15) is 0 Å². The first kappa shape index (κ1) is 18.5. The summed E-state index contributed by atoms with van der Waals surface area (Å²) in [4.78, 5) is 0. The molecule has 0 aliphatic rings. The van der Waals surface area contributed by atoms with E-state index in [1.54, 1.807) is 0 Å². The number of nitrogens with zero attached hydrogens (tertiary/aromatic N) is 2. The summed E-state index contributed by atoms with van der Waals surface area (Å²) in [5.41, 5.74) is 1.75. The lowest BCUT2D eigenvalue weighted by molar-refractivity contribution is -0.0383. The van der Waals surface area contributed by atoms with Crippen molar-refractivity contribution in [1.82, 2.24) is 15.1 Å². The minimum atomic E-state index is -0.246. The van der Waals surface area contributed by atoms with Gasteiger partial charge in [-0.1, -0.05) is 18.5 Å². The average molecular weight is 316 g/mol. The van der Waals surface area contributed by atoms with Crippen molar-refractivity contribution in [2.24, 2.45) is 0 Å². The molecule has 1 aromatic heterocycles. The second kappa shape index (κ2) is 8.16. The van der Waals surface area contributed by atoms with Gasteiger partial charge in [0.15, 0.2) is 0 Å². The fourth-order valence-corrected chi connectivity index (χ4v) is 2.82. The third kappa shape index (κ3) is 4.70. The zero-order valence-corrected chi connectivity index (χ0v) is 15.0. The van der Waals surface area contributed by atoms with Crippen LogP contribution in [0.1, 0.15) is 52.4 Å². The van der Waals surface area contributed by atoms with Crippen LogP contribution < -0.4 is 5.32 Å². The average Bonchev–Trinajstić information content (AvgIpc) is 2.70. The van der Waals surface area contributed by atoms with E-state index in [0.717, 1.165) is 42.3 Å². The maximum Gasteiger partial charge on any atom is 0.0847 e. The van der Waals surface area contributed by atoms with E-state index < -0.39 is 0 Å². The van der Waals surface area contributed by atoms with Gasteiger partial charge >= 0.3 is 0 Å². The number of hydrogen-bond acceptors (Lipinski definition) is 3. The predicted octanol–water partition coefficient (Wildman–Crippen LogP) is 3.59. The smallest absolute Gasteiger partial charge is 0.0847 e. The van der Waals surface area contributed by atoms with Gasteiger partial charge in [-0.25, -0.2) is 0 Å². The molecule has 1 rings (SSSR count). The Balaban J connectivity index is 3.00. The number of aromatic nitrogens is 2. The monoisotopic (exact) mass is 315 g/mol. The molecule has 1 unspecified atom stereocenters. The summed E-state index contributed by atoms with van der Waals surface area (Å²) in [5, 5.41) is 8.90. The normalized spacial score (nSPS) is 13.7. The zero-order valence-electron chi connectivity index (χ0n) is 14.3. The molecular weight excluding hydrogens is 286 g/mol. The van der Waals surface area contributed by atoms with Crippen LogP contribution in [0.25, 0.3) is 0 Å². The Morgan fingerprint density at radius 1 is 1.33 bits per heavy atom. The van der Waals surface area contributed by atoms with Crippen LogP contribution in [0.5, 0.6) is 0 Å². The van der Waals surface area contributed by atoms with Crippen LogP contribution in [0.15, 0.2) is 0 Å². The Hall–Kier alpha value is -0.580. The highest BCUT2D eigenvalue weighted by Gasteiger charge is 2.31. The first-order valence-corrected chi connectivity index (χ1v) is 8.34. The summed E-state index contributed by atoms with van der Waals surface area (Å²) < 4.78 is 7.95. The molecule has 0 aromatic carbocycles. The molecule has 0 amide bonds. The molecule has 5 heteroatoms. The second-order valence-corrected chi connectivity index (χ2v) is 6.29. The third-order valence-corrected chi connectivity index (χ3v) is 4.34. The van der Waals surface area contributed by atoms with E-state index in [1.807, 2.05) is 18.5 Å². The Morgan fingerprint density at radius 3 is 2.52 bits per heavy atom.